The second-order valence-electron chi connectivity index (χ2n) is 6.69. The SMILES string of the molecule is CCCc1nn(C)c2c1[nH]c(=S)n2CC1CCC(C)CC1. The van der Waals surface area contributed by atoms with E-state index in [1.807, 2.05) is 11.7 Å². The maximum Gasteiger partial charge on any atom is 0.179 e. The van der Waals surface area contributed by atoms with E-state index >= 15 is 0 Å². The number of nitrogens with one attached hydrogen (secondary N) is 1. The molecular formula is C16H26N4S. The molecule has 3 rings (SSSR count). The Balaban J connectivity index is 1.91. The minimum Gasteiger partial charge on any atom is -0.328 e. The zero-order chi connectivity index (χ0) is 15.0. The van der Waals surface area contributed by atoms with E-state index in [2.05, 4.69) is 28.5 Å². The van der Waals surface area contributed by atoms with Gasteiger partial charge in [-0.15, -0.1) is 0 Å². The first-order valence-electron chi connectivity index (χ1n) is 8.24. The second-order valence-corrected chi connectivity index (χ2v) is 7.07. The summed E-state index contributed by atoms with van der Waals surface area (Å²) in [6.45, 7) is 5.60. The van der Waals surface area contributed by atoms with Crippen molar-refractivity contribution in [1.82, 2.24) is 19.3 Å². The van der Waals surface area contributed by atoms with Gasteiger partial charge in [-0.25, -0.2) is 0 Å². The molecule has 0 radical (unpaired) electrons. The van der Waals surface area contributed by atoms with Crippen LogP contribution in [0.4, 0.5) is 0 Å². The molecule has 0 unspecified atom stereocenters. The highest BCUT2D eigenvalue weighted by Gasteiger charge is 2.21. The molecule has 1 aliphatic rings. The molecule has 2 heterocycles. The van der Waals surface area contributed by atoms with Gasteiger partial charge in [-0.05, 0) is 43.3 Å². The molecule has 1 saturated carbocycles. The van der Waals surface area contributed by atoms with Gasteiger partial charge in [0.2, 0.25) is 0 Å². The zero-order valence-electron chi connectivity index (χ0n) is 13.4. The Morgan fingerprint density at radius 1 is 1.29 bits per heavy atom. The minimum atomic E-state index is 0.761. The number of imidazole rings is 1. The van der Waals surface area contributed by atoms with Crippen LogP contribution in [0.2, 0.25) is 0 Å². The van der Waals surface area contributed by atoms with Crippen molar-refractivity contribution >= 4 is 23.4 Å². The standard InChI is InChI=1S/C16H26N4S/c1-4-5-13-14-15(19(3)18-13)20(16(21)17-14)10-12-8-6-11(2)7-9-12/h11-12H,4-10H2,1-3H3,(H,17,21). The molecular weight excluding hydrogens is 280 g/mol. The average molecular weight is 306 g/mol. The van der Waals surface area contributed by atoms with E-state index in [4.69, 9.17) is 12.2 Å². The van der Waals surface area contributed by atoms with Crippen LogP contribution < -0.4 is 0 Å². The molecule has 0 bridgehead atoms. The van der Waals surface area contributed by atoms with Gasteiger partial charge < -0.3 is 9.55 Å². The number of rotatable bonds is 4. The Kier molecular flexibility index (Phi) is 4.20. The Labute approximate surface area is 131 Å². The lowest BCUT2D eigenvalue weighted by Gasteiger charge is -2.26. The lowest BCUT2D eigenvalue weighted by atomic mass is 9.83. The third-order valence-corrected chi connectivity index (χ3v) is 5.21. The summed E-state index contributed by atoms with van der Waals surface area (Å²) < 4.78 is 5.13. The molecule has 4 nitrogen and oxygen atoms in total. The van der Waals surface area contributed by atoms with E-state index in [1.54, 1.807) is 0 Å². The van der Waals surface area contributed by atoms with Crippen molar-refractivity contribution in [3.8, 4) is 0 Å². The van der Waals surface area contributed by atoms with Crippen molar-refractivity contribution in [2.45, 2.75) is 58.9 Å². The molecule has 1 aliphatic carbocycles. The van der Waals surface area contributed by atoms with Crippen LogP contribution in [-0.4, -0.2) is 19.3 Å². The predicted molar refractivity (Wildman–Crippen MR) is 89.0 cm³/mol. The first kappa shape index (κ1) is 14.8. The quantitative estimate of drug-likeness (QED) is 0.859. The van der Waals surface area contributed by atoms with Crippen LogP contribution in [0.15, 0.2) is 0 Å². The number of nitrogens with zero attached hydrogens (tertiary/aromatic N) is 3. The van der Waals surface area contributed by atoms with E-state index < -0.39 is 0 Å². The fourth-order valence-electron chi connectivity index (χ4n) is 3.63. The Morgan fingerprint density at radius 3 is 2.67 bits per heavy atom. The number of aromatic nitrogens is 4. The number of H-pyrrole nitrogens is 1. The average Bonchev–Trinajstić information content (AvgIpc) is 2.92. The van der Waals surface area contributed by atoms with Crippen LogP contribution in [0.3, 0.4) is 0 Å². The number of hydrogen-bond acceptors (Lipinski definition) is 2. The molecule has 0 saturated heterocycles. The predicted octanol–water partition coefficient (Wildman–Crippen LogP) is 4.21. The van der Waals surface area contributed by atoms with Crippen molar-refractivity contribution in [3.05, 3.63) is 10.5 Å². The van der Waals surface area contributed by atoms with Gasteiger partial charge in [-0.2, -0.15) is 5.10 Å². The lowest BCUT2D eigenvalue weighted by molar-refractivity contribution is 0.265. The Bertz CT molecular complexity index is 670. The summed E-state index contributed by atoms with van der Waals surface area (Å²) in [5.41, 5.74) is 3.47. The summed E-state index contributed by atoms with van der Waals surface area (Å²) >= 11 is 5.57. The van der Waals surface area contributed by atoms with Crippen LogP contribution in [0.5, 0.6) is 0 Å². The fourth-order valence-corrected chi connectivity index (χ4v) is 3.89. The van der Waals surface area contributed by atoms with Crippen molar-refractivity contribution in [1.29, 1.82) is 0 Å². The van der Waals surface area contributed by atoms with Gasteiger partial charge in [0.25, 0.3) is 0 Å². The summed E-state index contributed by atoms with van der Waals surface area (Å²) in [7, 11) is 2.03. The van der Waals surface area contributed by atoms with Gasteiger partial charge in [-0.1, -0.05) is 33.1 Å². The van der Waals surface area contributed by atoms with Gasteiger partial charge in [0.05, 0.1) is 5.69 Å². The Hall–Kier alpha value is -1.10. The van der Waals surface area contributed by atoms with E-state index in [0.717, 1.165) is 47.2 Å². The van der Waals surface area contributed by atoms with Gasteiger partial charge in [0.15, 0.2) is 10.4 Å². The van der Waals surface area contributed by atoms with E-state index in [1.165, 1.54) is 31.3 Å². The van der Waals surface area contributed by atoms with Crippen molar-refractivity contribution < 1.29 is 0 Å². The topological polar surface area (TPSA) is 38.5 Å². The molecule has 21 heavy (non-hydrogen) atoms. The second kappa shape index (κ2) is 5.95. The molecule has 1 N–H and O–H groups in total. The number of hydrogen-bond donors (Lipinski definition) is 1. The number of aryl methyl sites for hydroxylation is 2. The smallest absolute Gasteiger partial charge is 0.179 e. The number of aromatic amines is 1. The molecule has 2 aromatic heterocycles. The fraction of sp³-hybridized carbons (Fsp3) is 0.750. The molecule has 0 aliphatic heterocycles. The van der Waals surface area contributed by atoms with Crippen LogP contribution in [0.1, 0.15) is 51.6 Å². The van der Waals surface area contributed by atoms with Crippen LogP contribution >= 0.6 is 12.2 Å². The highest BCUT2D eigenvalue weighted by molar-refractivity contribution is 7.71. The van der Waals surface area contributed by atoms with Gasteiger partial charge in [0, 0.05) is 13.6 Å². The highest BCUT2D eigenvalue weighted by atomic mass is 32.1. The van der Waals surface area contributed by atoms with Crippen LogP contribution in [-0.2, 0) is 20.0 Å². The first-order chi connectivity index (χ1) is 10.1. The Morgan fingerprint density at radius 2 is 2.00 bits per heavy atom. The maximum absolute atomic E-state index is 5.57. The summed E-state index contributed by atoms with van der Waals surface area (Å²) in [6.07, 6.45) is 7.49. The van der Waals surface area contributed by atoms with E-state index in [9.17, 15) is 0 Å². The molecule has 5 heteroatoms. The van der Waals surface area contributed by atoms with Gasteiger partial charge in [-0.3, -0.25) is 4.68 Å². The summed E-state index contributed by atoms with van der Waals surface area (Å²) in [4.78, 5) is 3.39. The third kappa shape index (κ3) is 2.80. The maximum atomic E-state index is 5.57. The van der Waals surface area contributed by atoms with Crippen molar-refractivity contribution in [3.63, 3.8) is 0 Å². The normalized spacial score (nSPS) is 23.0. The molecule has 1 fully saturated rings. The van der Waals surface area contributed by atoms with Crippen LogP contribution in [0.25, 0.3) is 11.2 Å². The van der Waals surface area contributed by atoms with E-state index in [-0.39, 0.29) is 0 Å². The van der Waals surface area contributed by atoms with Crippen LogP contribution in [0, 0.1) is 16.6 Å². The highest BCUT2D eigenvalue weighted by Crippen LogP contribution is 2.30. The van der Waals surface area contributed by atoms with E-state index in [0.29, 0.717) is 0 Å². The first-order valence-corrected chi connectivity index (χ1v) is 8.65. The molecule has 116 valence electrons. The lowest BCUT2D eigenvalue weighted by Crippen LogP contribution is -2.18. The molecule has 2 aromatic rings. The van der Waals surface area contributed by atoms with Crippen molar-refractivity contribution in [2.24, 2.45) is 18.9 Å². The monoisotopic (exact) mass is 306 g/mol. The molecule has 0 amide bonds. The zero-order valence-corrected chi connectivity index (χ0v) is 14.2. The molecule has 0 spiro atoms. The van der Waals surface area contributed by atoms with Gasteiger partial charge >= 0.3 is 0 Å². The number of fused-ring (bicyclic) bond motifs is 1. The minimum absolute atomic E-state index is 0.761. The summed E-state index contributed by atoms with van der Waals surface area (Å²) in [5, 5.41) is 4.66. The largest absolute Gasteiger partial charge is 0.328 e. The van der Waals surface area contributed by atoms with Crippen molar-refractivity contribution in [2.75, 3.05) is 0 Å². The molecule has 0 atom stereocenters. The molecule has 0 aromatic carbocycles. The van der Waals surface area contributed by atoms with Gasteiger partial charge in [0.1, 0.15) is 5.52 Å². The third-order valence-electron chi connectivity index (χ3n) is 4.89. The summed E-state index contributed by atoms with van der Waals surface area (Å²) in [6, 6.07) is 0. The summed E-state index contributed by atoms with van der Waals surface area (Å²) in [5.74, 6) is 1.66.